The fourth-order valence-electron chi connectivity index (χ4n) is 1.15. The van der Waals surface area contributed by atoms with E-state index in [1.165, 1.54) is 11.3 Å². The third kappa shape index (κ3) is 4.92. The van der Waals surface area contributed by atoms with Gasteiger partial charge in [-0.2, -0.15) is 0 Å². The molecule has 1 aromatic rings. The summed E-state index contributed by atoms with van der Waals surface area (Å²) in [7, 11) is 0. The number of nitrogens with zero attached hydrogens (tertiary/aromatic N) is 1. The minimum absolute atomic E-state index is 0. The molecule has 3 N–H and O–H groups in total. The third-order valence-corrected chi connectivity index (χ3v) is 3.20. The van der Waals surface area contributed by atoms with Gasteiger partial charge in [-0.3, -0.25) is 14.6 Å². The van der Waals surface area contributed by atoms with E-state index in [2.05, 4.69) is 23.6 Å². The zero-order valence-electron chi connectivity index (χ0n) is 9.97. The molecule has 8 heteroatoms. The van der Waals surface area contributed by atoms with Gasteiger partial charge in [-0.25, -0.2) is 0 Å². The van der Waals surface area contributed by atoms with E-state index in [1.54, 1.807) is 12.1 Å². The quantitative estimate of drug-likeness (QED) is 0.580. The van der Waals surface area contributed by atoms with Crippen LogP contribution >= 0.6 is 11.3 Å². The predicted octanol–water partition coefficient (Wildman–Crippen LogP) is 1.96. The minimum atomic E-state index is -1.37. The summed E-state index contributed by atoms with van der Waals surface area (Å²) in [4.78, 5) is 27.0. The van der Waals surface area contributed by atoms with Crippen LogP contribution in [0, 0.1) is 31.1 Å². The molecule has 1 rings (SSSR count). The van der Waals surface area contributed by atoms with Crippen molar-refractivity contribution in [3.63, 3.8) is 0 Å². The van der Waals surface area contributed by atoms with Crippen LogP contribution in [0.2, 0.25) is 0 Å². The van der Waals surface area contributed by atoms with Crippen molar-refractivity contribution in [2.24, 2.45) is 4.99 Å². The van der Waals surface area contributed by atoms with Crippen molar-refractivity contribution in [1.82, 2.24) is 5.32 Å². The number of thiophene rings is 1. The summed E-state index contributed by atoms with van der Waals surface area (Å²) in [5.74, 6) is -1.71. The number of hydrogen-bond acceptors (Lipinski definition) is 4. The Morgan fingerprint density at radius 3 is 2.68 bits per heavy atom. The first-order valence-electron chi connectivity index (χ1n) is 4.94. The molecule has 0 aromatic carbocycles. The van der Waals surface area contributed by atoms with E-state index in [9.17, 15) is 9.59 Å². The number of carboxylic acids is 1. The van der Waals surface area contributed by atoms with Crippen molar-refractivity contribution in [2.75, 3.05) is 6.54 Å². The molecular formula is C11H12N3O3SU-. The van der Waals surface area contributed by atoms with Crippen molar-refractivity contribution in [2.45, 2.75) is 6.04 Å². The number of carbonyl (C=O) groups excluding carboxylic acids is 1. The number of aliphatic carboxylic acids is 1. The van der Waals surface area contributed by atoms with Gasteiger partial charge in [0.1, 0.15) is 0 Å². The summed E-state index contributed by atoms with van der Waals surface area (Å²) in [5, 5.41) is 10.9. The normalized spacial score (nSPS) is 11.0. The smallest absolute Gasteiger partial charge is 0.287 e. The largest absolute Gasteiger partial charge is 0.664 e. The Labute approximate surface area is 138 Å². The molecule has 0 saturated heterocycles. The summed E-state index contributed by atoms with van der Waals surface area (Å²) < 4.78 is 0. The van der Waals surface area contributed by atoms with Crippen LogP contribution in [0.4, 0.5) is 5.69 Å². The second-order valence-corrected chi connectivity index (χ2v) is 4.41. The van der Waals surface area contributed by atoms with E-state index >= 15 is 0 Å². The summed E-state index contributed by atoms with van der Waals surface area (Å²) in [6.07, 6.45) is 1.57. The van der Waals surface area contributed by atoms with Crippen LogP contribution in [-0.2, 0) is 4.79 Å². The average molecular weight is 504 g/mol. The van der Waals surface area contributed by atoms with Crippen LogP contribution < -0.4 is 5.32 Å². The van der Waals surface area contributed by atoms with Gasteiger partial charge in [0.15, 0.2) is 0 Å². The van der Waals surface area contributed by atoms with Crippen molar-refractivity contribution < 1.29 is 45.8 Å². The van der Waals surface area contributed by atoms with Crippen LogP contribution in [0.3, 0.4) is 0 Å². The van der Waals surface area contributed by atoms with Gasteiger partial charge in [0, 0.05) is 37.7 Å². The topological polar surface area (TPSA) is 103 Å². The van der Waals surface area contributed by atoms with Gasteiger partial charge in [0.25, 0.3) is 11.9 Å². The average Bonchev–Trinajstić information content (AvgIpc) is 2.78. The molecule has 1 aromatic heterocycles. The summed E-state index contributed by atoms with van der Waals surface area (Å²) >= 11 is 1.18. The molecule has 1 amide bonds. The number of nitrogens with one attached hydrogen (secondary N) is 2. The molecule has 0 aliphatic rings. The first-order valence-corrected chi connectivity index (χ1v) is 5.76. The molecule has 1 atom stereocenters. The Kier molecular flexibility index (Phi) is 7.87. The maximum Gasteiger partial charge on any atom is 0.287 e. The molecule has 6 nitrogen and oxygen atoms in total. The fraction of sp³-hybridized carbons (Fsp3) is 0.182. The molecule has 1 unspecified atom stereocenters. The Morgan fingerprint density at radius 2 is 2.26 bits per heavy atom. The van der Waals surface area contributed by atoms with Gasteiger partial charge < -0.3 is 16.2 Å². The van der Waals surface area contributed by atoms with Gasteiger partial charge in [-0.05, 0) is 24.9 Å². The second-order valence-electron chi connectivity index (χ2n) is 3.32. The van der Waals surface area contributed by atoms with Gasteiger partial charge in [-0.1, -0.05) is 6.58 Å². The Bertz CT molecular complexity index is 476. The second kappa shape index (κ2) is 8.28. The standard InChI is InChI=1S/C11H12N3O3S.U/c1-3-8-7(13-2)4-9(18-8)10(15)14-5-6(12)11(16)17;/h3-4,6,12H,1-2,5H2,(H,14,15)(H,16,17);/q-1;. The Hall–Kier alpha value is -0.938. The summed E-state index contributed by atoms with van der Waals surface area (Å²) in [5.41, 5.74) is 7.70. The van der Waals surface area contributed by atoms with E-state index in [0.717, 1.165) is 4.88 Å². The van der Waals surface area contributed by atoms with Crippen LogP contribution in [0.5, 0.6) is 0 Å². The molecule has 0 spiro atoms. The number of rotatable bonds is 6. The minimum Gasteiger partial charge on any atom is -0.664 e. The maximum absolute atomic E-state index is 11.7. The monoisotopic (exact) mass is 504 g/mol. The van der Waals surface area contributed by atoms with E-state index < -0.39 is 17.9 Å². The Balaban J connectivity index is 0.00000324. The number of carbonyl (C=O) groups is 2. The SMILES string of the molecule is C=Cc1sc(C(=O)NCC([NH-])C(=O)O)cc1N=C.[U]. The Morgan fingerprint density at radius 1 is 1.63 bits per heavy atom. The number of amides is 1. The zero-order chi connectivity index (χ0) is 13.7. The number of carboxylic acid groups (broad SMARTS) is 1. The van der Waals surface area contributed by atoms with E-state index in [0.29, 0.717) is 10.6 Å². The molecule has 0 bridgehead atoms. The van der Waals surface area contributed by atoms with Gasteiger partial charge >= 0.3 is 0 Å². The molecule has 0 radical (unpaired) electrons. The molecule has 0 fully saturated rings. The summed E-state index contributed by atoms with van der Waals surface area (Å²) in [6.45, 7) is 6.73. The van der Waals surface area contributed by atoms with Crippen LogP contribution in [0.15, 0.2) is 17.6 Å². The van der Waals surface area contributed by atoms with E-state index in [1.807, 2.05) is 0 Å². The molecule has 1 heterocycles. The van der Waals surface area contributed by atoms with Crippen molar-refractivity contribution >= 4 is 41.7 Å². The van der Waals surface area contributed by atoms with Gasteiger partial charge in [-0.15, -0.1) is 11.3 Å². The van der Waals surface area contributed by atoms with Gasteiger partial charge in [0.2, 0.25) is 0 Å². The van der Waals surface area contributed by atoms with E-state index in [4.69, 9.17) is 10.8 Å². The van der Waals surface area contributed by atoms with Crippen LogP contribution in [-0.4, -0.2) is 36.3 Å². The first kappa shape index (κ1) is 18.1. The van der Waals surface area contributed by atoms with Crippen LogP contribution in [0.25, 0.3) is 11.8 Å². The third-order valence-electron chi connectivity index (χ3n) is 2.08. The predicted molar refractivity (Wildman–Crippen MR) is 71.7 cm³/mol. The fourth-order valence-corrected chi connectivity index (χ4v) is 2.03. The van der Waals surface area contributed by atoms with Gasteiger partial charge in [0.05, 0.1) is 15.4 Å². The number of aliphatic imine (C=N–C) groups is 1. The number of hydrogen-bond donors (Lipinski definition) is 2. The van der Waals surface area contributed by atoms with Crippen molar-refractivity contribution in [3.8, 4) is 0 Å². The first-order chi connectivity index (χ1) is 8.49. The zero-order valence-corrected chi connectivity index (χ0v) is 15.0. The van der Waals surface area contributed by atoms with Crippen molar-refractivity contribution in [1.29, 1.82) is 0 Å². The molecule has 0 saturated carbocycles. The molecule has 19 heavy (non-hydrogen) atoms. The molecule has 0 aliphatic heterocycles. The molecular weight excluding hydrogens is 492 g/mol. The molecule has 0 aliphatic carbocycles. The van der Waals surface area contributed by atoms with E-state index in [-0.39, 0.29) is 37.7 Å². The van der Waals surface area contributed by atoms with Crippen molar-refractivity contribution in [3.05, 3.63) is 28.1 Å². The summed E-state index contributed by atoms with van der Waals surface area (Å²) in [6, 6.07) is 0.175. The maximum atomic E-state index is 11.7. The molecule has 100 valence electrons. The van der Waals surface area contributed by atoms with Crippen LogP contribution in [0.1, 0.15) is 14.5 Å².